The Morgan fingerprint density at radius 1 is 0.885 bits per heavy atom. The molecule has 2 aromatic carbocycles. The lowest BCUT2D eigenvalue weighted by Gasteiger charge is -2.36. The van der Waals surface area contributed by atoms with Gasteiger partial charge in [0.05, 0.1) is 0 Å². The summed E-state index contributed by atoms with van der Waals surface area (Å²) in [5, 5.41) is 1.31. The van der Waals surface area contributed by atoms with Crippen LogP contribution in [0.4, 0.5) is 5.69 Å². The summed E-state index contributed by atoms with van der Waals surface area (Å²) >= 11 is 0. The Labute approximate surface area is 155 Å². The lowest BCUT2D eigenvalue weighted by molar-refractivity contribution is 0.239. The number of benzene rings is 2. The van der Waals surface area contributed by atoms with E-state index in [-0.39, 0.29) is 0 Å². The van der Waals surface area contributed by atoms with Crippen molar-refractivity contribution < 1.29 is 0 Å². The Kier molecular flexibility index (Phi) is 4.18. The molecule has 0 radical (unpaired) electrons. The Hall–Kier alpha value is -2.26. The number of rotatable bonds is 4. The van der Waals surface area contributed by atoms with Gasteiger partial charge in [0.2, 0.25) is 0 Å². The molecular formula is C23H27N3. The van der Waals surface area contributed by atoms with E-state index in [9.17, 15) is 0 Å². The van der Waals surface area contributed by atoms with Gasteiger partial charge in [0, 0.05) is 49.0 Å². The molecule has 1 aromatic heterocycles. The van der Waals surface area contributed by atoms with Crippen molar-refractivity contribution in [3.05, 3.63) is 65.9 Å². The highest BCUT2D eigenvalue weighted by molar-refractivity contribution is 5.83. The third-order valence-electron chi connectivity index (χ3n) is 6.26. The molecule has 0 atom stereocenters. The van der Waals surface area contributed by atoms with Gasteiger partial charge in [-0.05, 0) is 67.1 Å². The van der Waals surface area contributed by atoms with Gasteiger partial charge in [0.1, 0.15) is 0 Å². The van der Waals surface area contributed by atoms with E-state index in [0.717, 1.165) is 19.0 Å². The number of anilines is 1. The molecule has 134 valence electrons. The standard InChI is InChI=1S/C23H27N3/c1-2-4-20-16-18(15-19(20)3-1)8-10-25-11-13-26(14-12-25)22-5-6-23-21(17-22)7-9-24-23/h1-7,9,17-18,24H,8,10-16H2. The van der Waals surface area contributed by atoms with Gasteiger partial charge in [0.15, 0.2) is 0 Å². The Balaban J connectivity index is 1.13. The molecule has 3 nitrogen and oxygen atoms in total. The number of piperazine rings is 1. The van der Waals surface area contributed by atoms with Crippen LogP contribution in [0.15, 0.2) is 54.7 Å². The van der Waals surface area contributed by atoms with Gasteiger partial charge in [-0.15, -0.1) is 0 Å². The van der Waals surface area contributed by atoms with Crippen LogP contribution in [-0.4, -0.2) is 42.6 Å². The summed E-state index contributed by atoms with van der Waals surface area (Å²) in [6.45, 7) is 5.90. The van der Waals surface area contributed by atoms with E-state index in [1.807, 2.05) is 6.20 Å². The molecule has 3 aromatic rings. The molecule has 1 aliphatic carbocycles. The molecule has 2 heterocycles. The van der Waals surface area contributed by atoms with Gasteiger partial charge in [-0.25, -0.2) is 0 Å². The molecule has 0 bridgehead atoms. The topological polar surface area (TPSA) is 22.3 Å². The number of nitrogens with one attached hydrogen (secondary N) is 1. The number of aromatic amines is 1. The van der Waals surface area contributed by atoms with E-state index in [2.05, 4.69) is 63.3 Å². The van der Waals surface area contributed by atoms with E-state index >= 15 is 0 Å². The van der Waals surface area contributed by atoms with Gasteiger partial charge in [-0.1, -0.05) is 24.3 Å². The van der Waals surface area contributed by atoms with Crippen molar-refractivity contribution in [1.29, 1.82) is 0 Å². The maximum absolute atomic E-state index is 3.28. The number of hydrogen-bond acceptors (Lipinski definition) is 2. The van der Waals surface area contributed by atoms with Crippen LogP contribution in [0.25, 0.3) is 10.9 Å². The van der Waals surface area contributed by atoms with Crippen LogP contribution in [0.1, 0.15) is 17.5 Å². The zero-order valence-corrected chi connectivity index (χ0v) is 15.3. The van der Waals surface area contributed by atoms with Gasteiger partial charge < -0.3 is 9.88 Å². The molecule has 0 saturated carbocycles. The highest BCUT2D eigenvalue weighted by Gasteiger charge is 2.23. The quantitative estimate of drug-likeness (QED) is 0.769. The molecule has 0 amide bonds. The van der Waals surface area contributed by atoms with Gasteiger partial charge in [-0.2, -0.15) is 0 Å². The fraction of sp³-hybridized carbons (Fsp3) is 0.391. The third-order valence-corrected chi connectivity index (χ3v) is 6.26. The predicted octanol–water partition coefficient (Wildman–Crippen LogP) is 4.10. The molecule has 1 saturated heterocycles. The number of aromatic nitrogens is 1. The van der Waals surface area contributed by atoms with Gasteiger partial charge in [0.25, 0.3) is 0 Å². The first kappa shape index (κ1) is 16.0. The zero-order chi connectivity index (χ0) is 17.3. The molecule has 1 aliphatic heterocycles. The van der Waals surface area contributed by atoms with Crippen LogP contribution in [0.5, 0.6) is 0 Å². The molecule has 2 aliphatic rings. The molecule has 1 N–H and O–H groups in total. The van der Waals surface area contributed by atoms with Gasteiger partial charge >= 0.3 is 0 Å². The molecule has 1 fully saturated rings. The van der Waals surface area contributed by atoms with Crippen molar-refractivity contribution in [3.8, 4) is 0 Å². The normalized spacial score (nSPS) is 18.5. The minimum Gasteiger partial charge on any atom is -0.369 e. The largest absolute Gasteiger partial charge is 0.369 e. The lowest BCUT2D eigenvalue weighted by Crippen LogP contribution is -2.46. The van der Waals surface area contributed by atoms with Crippen LogP contribution in [0.2, 0.25) is 0 Å². The van der Waals surface area contributed by atoms with E-state index in [0.29, 0.717) is 0 Å². The first-order valence-electron chi connectivity index (χ1n) is 9.96. The smallest absolute Gasteiger partial charge is 0.0455 e. The first-order valence-corrected chi connectivity index (χ1v) is 9.96. The minimum absolute atomic E-state index is 0.849. The van der Waals surface area contributed by atoms with Crippen molar-refractivity contribution in [2.45, 2.75) is 19.3 Å². The number of H-pyrrole nitrogens is 1. The summed E-state index contributed by atoms with van der Waals surface area (Å²) in [7, 11) is 0. The monoisotopic (exact) mass is 345 g/mol. The Morgan fingerprint density at radius 3 is 2.42 bits per heavy atom. The first-order chi connectivity index (χ1) is 12.8. The van der Waals surface area contributed by atoms with Crippen LogP contribution >= 0.6 is 0 Å². The fourth-order valence-corrected chi connectivity index (χ4v) is 4.69. The van der Waals surface area contributed by atoms with Crippen LogP contribution < -0.4 is 4.90 Å². The molecule has 0 spiro atoms. The second kappa shape index (κ2) is 6.81. The average molecular weight is 345 g/mol. The number of fused-ring (bicyclic) bond motifs is 2. The summed E-state index contributed by atoms with van der Waals surface area (Å²) in [6, 6.07) is 17.9. The summed E-state index contributed by atoms with van der Waals surface area (Å²) in [5.74, 6) is 0.849. The van der Waals surface area contributed by atoms with Crippen molar-refractivity contribution >= 4 is 16.6 Å². The maximum Gasteiger partial charge on any atom is 0.0455 e. The SMILES string of the molecule is c1ccc2c(c1)CC(CCN1CCN(c3ccc4[nH]ccc4c3)CC1)C2. The van der Waals surface area contributed by atoms with Crippen molar-refractivity contribution in [3.63, 3.8) is 0 Å². The van der Waals surface area contributed by atoms with Crippen LogP contribution in [-0.2, 0) is 12.8 Å². The zero-order valence-electron chi connectivity index (χ0n) is 15.3. The molecule has 5 rings (SSSR count). The highest BCUT2D eigenvalue weighted by Crippen LogP contribution is 2.29. The van der Waals surface area contributed by atoms with Crippen LogP contribution in [0, 0.1) is 5.92 Å². The number of hydrogen-bond donors (Lipinski definition) is 1. The lowest BCUT2D eigenvalue weighted by atomic mass is 10.0. The Morgan fingerprint density at radius 2 is 1.65 bits per heavy atom. The Bertz CT molecular complexity index is 864. The second-order valence-electron chi connectivity index (χ2n) is 7.91. The maximum atomic E-state index is 3.28. The van der Waals surface area contributed by atoms with E-state index in [4.69, 9.17) is 0 Å². The van der Waals surface area contributed by atoms with Crippen LogP contribution in [0.3, 0.4) is 0 Å². The van der Waals surface area contributed by atoms with E-state index in [1.165, 1.54) is 55.5 Å². The molecular weight excluding hydrogens is 318 g/mol. The third kappa shape index (κ3) is 3.12. The molecule has 0 unspecified atom stereocenters. The van der Waals surface area contributed by atoms with Crippen molar-refractivity contribution in [2.75, 3.05) is 37.6 Å². The van der Waals surface area contributed by atoms with Gasteiger partial charge in [-0.3, -0.25) is 4.90 Å². The average Bonchev–Trinajstić information content (AvgIpc) is 3.32. The fourth-order valence-electron chi connectivity index (χ4n) is 4.69. The molecule has 3 heteroatoms. The predicted molar refractivity (Wildman–Crippen MR) is 109 cm³/mol. The minimum atomic E-state index is 0.849. The summed E-state index contributed by atoms with van der Waals surface area (Å²) in [6.07, 6.45) is 5.93. The van der Waals surface area contributed by atoms with E-state index in [1.54, 1.807) is 11.1 Å². The summed E-state index contributed by atoms with van der Waals surface area (Å²) < 4.78 is 0. The summed E-state index contributed by atoms with van der Waals surface area (Å²) in [4.78, 5) is 8.48. The van der Waals surface area contributed by atoms with E-state index < -0.39 is 0 Å². The molecule has 26 heavy (non-hydrogen) atoms. The second-order valence-corrected chi connectivity index (χ2v) is 7.91. The summed E-state index contributed by atoms with van der Waals surface area (Å²) in [5.41, 5.74) is 5.76. The number of nitrogens with zero attached hydrogens (tertiary/aromatic N) is 2. The van der Waals surface area contributed by atoms with Crippen molar-refractivity contribution in [1.82, 2.24) is 9.88 Å². The van der Waals surface area contributed by atoms with Crippen molar-refractivity contribution in [2.24, 2.45) is 5.92 Å². The highest BCUT2D eigenvalue weighted by atomic mass is 15.3.